The van der Waals surface area contributed by atoms with Gasteiger partial charge < -0.3 is 10.4 Å². The highest BCUT2D eigenvalue weighted by Gasteiger charge is 2.15. The highest BCUT2D eigenvalue weighted by Crippen LogP contribution is 2.09. The van der Waals surface area contributed by atoms with E-state index in [1.54, 1.807) is 6.21 Å². The van der Waals surface area contributed by atoms with Crippen molar-refractivity contribution in [3.8, 4) is 0 Å². The van der Waals surface area contributed by atoms with Crippen LogP contribution in [0.1, 0.15) is 17.5 Å². The summed E-state index contributed by atoms with van der Waals surface area (Å²) in [4.78, 5) is 21.4. The molecule has 0 spiro atoms. The largest absolute Gasteiger partial charge is 0.481 e. The number of hydrogen-bond donors (Lipinski definition) is 2. The van der Waals surface area contributed by atoms with Gasteiger partial charge in [-0.05, 0) is 17.5 Å². The van der Waals surface area contributed by atoms with Crippen LogP contribution in [-0.2, 0) is 16.0 Å². The fourth-order valence-electron chi connectivity index (χ4n) is 1.55. The van der Waals surface area contributed by atoms with Gasteiger partial charge in [-0.2, -0.15) is 5.10 Å². The van der Waals surface area contributed by atoms with Gasteiger partial charge in [0.25, 0.3) is 0 Å². The molecule has 1 aromatic rings. The SMILES string of the molecule is O=C(O)CCc1ccc(C=NN=C2NC(=O)CS2)cc1. The maximum Gasteiger partial charge on any atom is 0.303 e. The van der Waals surface area contributed by atoms with E-state index < -0.39 is 5.97 Å². The zero-order chi connectivity index (χ0) is 14.4. The summed E-state index contributed by atoms with van der Waals surface area (Å²) < 4.78 is 0. The Labute approximate surface area is 120 Å². The van der Waals surface area contributed by atoms with Crippen LogP contribution in [0.4, 0.5) is 0 Å². The number of aryl methyl sites for hydroxylation is 1. The van der Waals surface area contributed by atoms with Gasteiger partial charge in [0.1, 0.15) is 0 Å². The molecule has 1 aliphatic rings. The van der Waals surface area contributed by atoms with Crippen molar-refractivity contribution >= 4 is 35.0 Å². The number of aliphatic carboxylic acids is 1. The lowest BCUT2D eigenvalue weighted by atomic mass is 10.1. The zero-order valence-corrected chi connectivity index (χ0v) is 11.4. The number of carbonyl (C=O) groups excluding carboxylic acids is 1. The van der Waals surface area contributed by atoms with E-state index in [0.29, 0.717) is 17.3 Å². The Bertz CT molecular complexity index is 567. The van der Waals surface area contributed by atoms with Crippen LogP contribution in [0.25, 0.3) is 0 Å². The molecule has 0 saturated carbocycles. The lowest BCUT2D eigenvalue weighted by Gasteiger charge is -1.98. The highest BCUT2D eigenvalue weighted by molar-refractivity contribution is 8.15. The third-order valence-electron chi connectivity index (χ3n) is 2.55. The summed E-state index contributed by atoms with van der Waals surface area (Å²) in [5, 5.41) is 19.5. The summed E-state index contributed by atoms with van der Waals surface area (Å²) in [6, 6.07) is 7.43. The van der Waals surface area contributed by atoms with Crippen molar-refractivity contribution in [2.75, 3.05) is 5.75 Å². The molecule has 1 aromatic carbocycles. The Morgan fingerprint density at radius 3 is 2.75 bits per heavy atom. The summed E-state index contributed by atoms with van der Waals surface area (Å²) in [7, 11) is 0. The van der Waals surface area contributed by atoms with E-state index >= 15 is 0 Å². The molecule has 6 nitrogen and oxygen atoms in total. The van der Waals surface area contributed by atoms with E-state index in [1.165, 1.54) is 11.8 Å². The zero-order valence-electron chi connectivity index (χ0n) is 10.6. The molecule has 1 fully saturated rings. The molecular weight excluding hydrogens is 278 g/mol. The van der Waals surface area contributed by atoms with E-state index in [4.69, 9.17) is 5.11 Å². The van der Waals surface area contributed by atoms with Crippen LogP contribution in [-0.4, -0.2) is 34.1 Å². The Hall–Kier alpha value is -2.15. The van der Waals surface area contributed by atoms with Crippen molar-refractivity contribution in [2.24, 2.45) is 10.2 Å². The van der Waals surface area contributed by atoms with E-state index in [1.807, 2.05) is 24.3 Å². The minimum Gasteiger partial charge on any atom is -0.481 e. The van der Waals surface area contributed by atoms with Crippen LogP contribution in [0, 0.1) is 0 Å². The second-order valence-corrected chi connectivity index (χ2v) is 5.09. The summed E-state index contributed by atoms with van der Waals surface area (Å²) in [6.07, 6.45) is 2.22. The standard InChI is InChI=1S/C13H13N3O3S/c17-11-8-20-13(15-11)16-14-7-10-3-1-9(2-4-10)5-6-12(18)19/h1-4,7H,5-6,8H2,(H,18,19)(H,15,16,17). The van der Waals surface area contributed by atoms with Crippen LogP contribution in [0.3, 0.4) is 0 Å². The molecule has 0 aromatic heterocycles. The molecule has 0 bridgehead atoms. The average Bonchev–Trinajstić information content (AvgIpc) is 2.83. The molecule has 0 unspecified atom stereocenters. The average molecular weight is 291 g/mol. The predicted molar refractivity (Wildman–Crippen MR) is 78.0 cm³/mol. The first kappa shape index (κ1) is 14.3. The number of amides is 1. The van der Waals surface area contributed by atoms with Gasteiger partial charge in [-0.15, -0.1) is 5.10 Å². The lowest BCUT2D eigenvalue weighted by molar-refractivity contribution is -0.137. The fourth-order valence-corrected chi connectivity index (χ4v) is 2.18. The van der Waals surface area contributed by atoms with Crippen LogP contribution in [0.5, 0.6) is 0 Å². The fraction of sp³-hybridized carbons (Fsp3) is 0.231. The molecule has 1 amide bonds. The first-order chi connectivity index (χ1) is 9.63. The van der Waals surface area contributed by atoms with E-state index in [-0.39, 0.29) is 12.3 Å². The van der Waals surface area contributed by atoms with Crippen molar-refractivity contribution in [1.82, 2.24) is 5.32 Å². The number of rotatable bonds is 5. The predicted octanol–water partition coefficient (Wildman–Crippen LogP) is 1.26. The van der Waals surface area contributed by atoms with Crippen molar-refractivity contribution in [3.63, 3.8) is 0 Å². The number of amidine groups is 1. The first-order valence-electron chi connectivity index (χ1n) is 5.98. The van der Waals surface area contributed by atoms with Gasteiger partial charge in [0, 0.05) is 6.42 Å². The van der Waals surface area contributed by atoms with Gasteiger partial charge in [0.2, 0.25) is 5.91 Å². The van der Waals surface area contributed by atoms with Crippen LogP contribution in [0.15, 0.2) is 34.5 Å². The molecule has 0 aliphatic carbocycles. The summed E-state index contributed by atoms with van der Waals surface area (Å²) in [5.41, 5.74) is 1.83. The summed E-state index contributed by atoms with van der Waals surface area (Å²) >= 11 is 1.32. The number of nitrogens with zero attached hydrogens (tertiary/aromatic N) is 2. The number of hydrogen-bond acceptors (Lipinski definition) is 5. The van der Waals surface area contributed by atoms with Crippen molar-refractivity contribution < 1.29 is 14.7 Å². The highest BCUT2D eigenvalue weighted by atomic mass is 32.2. The van der Waals surface area contributed by atoms with Crippen LogP contribution in [0.2, 0.25) is 0 Å². The van der Waals surface area contributed by atoms with Crippen molar-refractivity contribution in [1.29, 1.82) is 0 Å². The van der Waals surface area contributed by atoms with Gasteiger partial charge in [0.05, 0.1) is 12.0 Å². The normalized spacial score (nSPS) is 16.8. The third-order valence-corrected chi connectivity index (χ3v) is 3.41. The molecule has 1 aliphatic heterocycles. The number of carboxylic acid groups (broad SMARTS) is 1. The molecule has 1 saturated heterocycles. The monoisotopic (exact) mass is 291 g/mol. The Kier molecular flexibility index (Phi) is 4.89. The van der Waals surface area contributed by atoms with E-state index in [9.17, 15) is 9.59 Å². The number of carbonyl (C=O) groups is 2. The van der Waals surface area contributed by atoms with Gasteiger partial charge >= 0.3 is 5.97 Å². The van der Waals surface area contributed by atoms with Gasteiger partial charge in [-0.1, -0.05) is 36.0 Å². The van der Waals surface area contributed by atoms with Gasteiger partial charge in [0.15, 0.2) is 5.17 Å². The molecule has 104 valence electrons. The number of benzene rings is 1. The van der Waals surface area contributed by atoms with Crippen LogP contribution < -0.4 is 5.32 Å². The minimum absolute atomic E-state index is 0.0632. The smallest absolute Gasteiger partial charge is 0.303 e. The second-order valence-electron chi connectivity index (χ2n) is 4.12. The van der Waals surface area contributed by atoms with Gasteiger partial charge in [-0.25, -0.2) is 0 Å². The lowest BCUT2D eigenvalue weighted by Crippen LogP contribution is -2.19. The molecule has 7 heteroatoms. The topological polar surface area (TPSA) is 91.1 Å². The molecule has 0 atom stereocenters. The van der Waals surface area contributed by atoms with Crippen molar-refractivity contribution in [2.45, 2.75) is 12.8 Å². The summed E-state index contributed by atoms with van der Waals surface area (Å²) in [5.74, 6) is -0.485. The number of carboxylic acids is 1. The van der Waals surface area contributed by atoms with Crippen molar-refractivity contribution in [3.05, 3.63) is 35.4 Å². The summed E-state index contributed by atoms with van der Waals surface area (Å²) in [6.45, 7) is 0. The van der Waals surface area contributed by atoms with E-state index in [0.717, 1.165) is 11.1 Å². The molecular formula is C13H13N3O3S. The second kappa shape index (κ2) is 6.85. The van der Waals surface area contributed by atoms with E-state index in [2.05, 4.69) is 15.5 Å². The maximum absolute atomic E-state index is 10.9. The Balaban J connectivity index is 1.90. The Morgan fingerprint density at radius 2 is 2.15 bits per heavy atom. The number of nitrogens with one attached hydrogen (secondary N) is 1. The molecule has 2 N–H and O–H groups in total. The molecule has 1 heterocycles. The first-order valence-corrected chi connectivity index (χ1v) is 6.96. The molecule has 0 radical (unpaired) electrons. The maximum atomic E-state index is 10.9. The van der Waals surface area contributed by atoms with Crippen LogP contribution >= 0.6 is 11.8 Å². The quantitative estimate of drug-likeness (QED) is 0.631. The van der Waals surface area contributed by atoms with Gasteiger partial charge in [-0.3, -0.25) is 9.59 Å². The molecule has 2 rings (SSSR count). The third kappa shape index (κ3) is 4.51. The Morgan fingerprint density at radius 1 is 1.40 bits per heavy atom. The number of thioether (sulfide) groups is 1. The minimum atomic E-state index is -0.803. The molecule has 20 heavy (non-hydrogen) atoms.